The molecule has 0 radical (unpaired) electrons. The molecule has 2 aromatic heterocycles. The van der Waals surface area contributed by atoms with E-state index in [0.717, 1.165) is 30.7 Å². The van der Waals surface area contributed by atoms with Crippen LogP contribution in [0, 0.1) is 0 Å². The van der Waals surface area contributed by atoms with Crippen LogP contribution in [0.3, 0.4) is 0 Å². The molecule has 0 aromatic carbocycles. The van der Waals surface area contributed by atoms with Crippen LogP contribution >= 0.6 is 0 Å². The fourth-order valence-electron chi connectivity index (χ4n) is 2.62. The van der Waals surface area contributed by atoms with Crippen LogP contribution in [-0.4, -0.2) is 9.55 Å². The van der Waals surface area contributed by atoms with Gasteiger partial charge < -0.3 is 9.99 Å². The summed E-state index contributed by atoms with van der Waals surface area (Å²) in [5.74, 6) is 5.96. The van der Waals surface area contributed by atoms with E-state index in [9.17, 15) is 4.79 Å². The molecule has 1 aliphatic rings. The van der Waals surface area contributed by atoms with Crippen molar-refractivity contribution in [2.24, 2.45) is 5.84 Å². The summed E-state index contributed by atoms with van der Waals surface area (Å²) < 4.78 is 1.82. The minimum Gasteiger partial charge on any atom is -0.308 e. The van der Waals surface area contributed by atoms with Crippen molar-refractivity contribution in [2.45, 2.75) is 25.8 Å². The predicted molar refractivity (Wildman–Crippen MR) is 73.9 cm³/mol. The van der Waals surface area contributed by atoms with Crippen molar-refractivity contribution < 1.29 is 0 Å². The maximum Gasteiger partial charge on any atom is 0.251 e. The second-order valence-electron chi connectivity index (χ2n) is 4.74. The zero-order valence-corrected chi connectivity index (χ0v) is 10.6. The molecule has 0 bridgehead atoms. The molecule has 5 heteroatoms. The van der Waals surface area contributed by atoms with E-state index >= 15 is 0 Å². The van der Waals surface area contributed by atoms with Crippen molar-refractivity contribution in [1.29, 1.82) is 0 Å². The summed E-state index contributed by atoms with van der Waals surface area (Å²) in [7, 11) is 0. The number of nitrogens with zero attached hydrogens (tertiary/aromatic N) is 2. The molecule has 1 aliphatic carbocycles. The van der Waals surface area contributed by atoms with Crippen LogP contribution in [0.5, 0.6) is 0 Å². The van der Waals surface area contributed by atoms with Gasteiger partial charge in [0, 0.05) is 11.8 Å². The van der Waals surface area contributed by atoms with E-state index in [1.807, 2.05) is 22.8 Å². The van der Waals surface area contributed by atoms with E-state index in [2.05, 4.69) is 10.4 Å². The average Bonchev–Trinajstić information content (AvgIpc) is 2.91. The van der Waals surface area contributed by atoms with Crippen molar-refractivity contribution in [2.75, 3.05) is 5.43 Å². The van der Waals surface area contributed by atoms with Gasteiger partial charge in [-0.25, -0.2) is 10.8 Å². The highest BCUT2D eigenvalue weighted by Crippen LogP contribution is 2.20. The van der Waals surface area contributed by atoms with Gasteiger partial charge in [0.2, 0.25) is 0 Å². The lowest BCUT2D eigenvalue weighted by atomic mass is 10.2. The van der Waals surface area contributed by atoms with Crippen LogP contribution in [0.4, 0.5) is 5.82 Å². The number of hydrazine groups is 1. The summed E-state index contributed by atoms with van der Waals surface area (Å²) in [5, 5.41) is 0. The van der Waals surface area contributed by atoms with Gasteiger partial charge in [-0.2, -0.15) is 0 Å². The highest BCUT2D eigenvalue weighted by molar-refractivity contribution is 5.34. The van der Waals surface area contributed by atoms with Gasteiger partial charge >= 0.3 is 0 Å². The maximum atomic E-state index is 12.0. The second-order valence-corrected chi connectivity index (χ2v) is 4.74. The molecule has 0 saturated heterocycles. The van der Waals surface area contributed by atoms with Crippen LogP contribution in [0.25, 0.3) is 0 Å². The molecule has 0 aliphatic heterocycles. The molecule has 19 heavy (non-hydrogen) atoms. The highest BCUT2D eigenvalue weighted by Gasteiger charge is 2.16. The largest absolute Gasteiger partial charge is 0.308 e. The SMILES string of the molecule is NNc1cccc(Cn2c3c(ccc2=O)CCC3)n1. The van der Waals surface area contributed by atoms with Gasteiger partial charge in [-0.05, 0) is 37.0 Å². The second kappa shape index (κ2) is 4.85. The molecule has 2 heterocycles. The molecule has 0 atom stereocenters. The first-order valence-corrected chi connectivity index (χ1v) is 6.42. The predicted octanol–water partition coefficient (Wildman–Crippen LogP) is 1.07. The number of nitrogen functional groups attached to an aromatic ring is 1. The van der Waals surface area contributed by atoms with Crippen molar-refractivity contribution in [1.82, 2.24) is 9.55 Å². The smallest absolute Gasteiger partial charge is 0.251 e. The molecule has 3 rings (SSSR count). The molecule has 2 aromatic rings. The summed E-state index contributed by atoms with van der Waals surface area (Å²) >= 11 is 0. The summed E-state index contributed by atoms with van der Waals surface area (Å²) in [6, 6.07) is 9.18. The topological polar surface area (TPSA) is 72.9 Å². The third-order valence-electron chi connectivity index (χ3n) is 3.52. The maximum absolute atomic E-state index is 12.0. The quantitative estimate of drug-likeness (QED) is 0.636. The number of rotatable bonds is 3. The number of anilines is 1. The molecule has 98 valence electrons. The Hall–Kier alpha value is -2.14. The minimum absolute atomic E-state index is 0.0357. The van der Waals surface area contributed by atoms with Gasteiger partial charge in [0.1, 0.15) is 5.82 Å². The zero-order valence-electron chi connectivity index (χ0n) is 10.6. The molecule has 0 unspecified atom stereocenters. The summed E-state index contributed by atoms with van der Waals surface area (Å²) in [4.78, 5) is 16.4. The normalized spacial score (nSPS) is 13.3. The molecule has 3 N–H and O–H groups in total. The molecular weight excluding hydrogens is 240 g/mol. The molecule has 0 spiro atoms. The molecule has 0 fully saturated rings. The average molecular weight is 256 g/mol. The Morgan fingerprint density at radius 1 is 1.26 bits per heavy atom. The third kappa shape index (κ3) is 2.24. The number of fused-ring (bicyclic) bond motifs is 1. The zero-order chi connectivity index (χ0) is 13.2. The summed E-state index contributed by atoms with van der Waals surface area (Å²) in [6.45, 7) is 0.498. The van der Waals surface area contributed by atoms with E-state index in [4.69, 9.17) is 5.84 Å². The Labute approximate surface area is 111 Å². The lowest BCUT2D eigenvalue weighted by Gasteiger charge is -2.12. The molecule has 5 nitrogen and oxygen atoms in total. The van der Waals surface area contributed by atoms with Crippen molar-refractivity contribution in [3.63, 3.8) is 0 Å². The fourth-order valence-corrected chi connectivity index (χ4v) is 2.62. The van der Waals surface area contributed by atoms with E-state index in [0.29, 0.717) is 12.4 Å². The number of hydrogen-bond acceptors (Lipinski definition) is 4. The summed E-state index contributed by atoms with van der Waals surface area (Å²) in [5.41, 5.74) is 5.83. The Bertz CT molecular complexity index is 663. The third-order valence-corrected chi connectivity index (χ3v) is 3.52. The van der Waals surface area contributed by atoms with Gasteiger partial charge in [-0.1, -0.05) is 12.1 Å². The monoisotopic (exact) mass is 256 g/mol. The van der Waals surface area contributed by atoms with Gasteiger partial charge in [-0.3, -0.25) is 4.79 Å². The first kappa shape index (κ1) is 11.9. The van der Waals surface area contributed by atoms with E-state index < -0.39 is 0 Å². The van der Waals surface area contributed by atoms with Crippen molar-refractivity contribution in [3.05, 3.63) is 57.6 Å². The number of hydrogen-bond donors (Lipinski definition) is 2. The fraction of sp³-hybridized carbons (Fsp3) is 0.286. The number of aromatic nitrogens is 2. The number of nitrogens with one attached hydrogen (secondary N) is 1. The van der Waals surface area contributed by atoms with Gasteiger partial charge in [0.25, 0.3) is 5.56 Å². The van der Waals surface area contributed by atoms with Crippen LogP contribution < -0.4 is 16.8 Å². The molecular formula is C14H16N4O. The minimum atomic E-state index is 0.0357. The molecule has 0 saturated carbocycles. The number of aryl methyl sites for hydroxylation is 1. The van der Waals surface area contributed by atoms with Gasteiger partial charge in [0.05, 0.1) is 12.2 Å². The molecule has 0 amide bonds. The lowest BCUT2D eigenvalue weighted by molar-refractivity contribution is 0.694. The van der Waals surface area contributed by atoms with E-state index in [1.165, 1.54) is 5.56 Å². The Morgan fingerprint density at radius 3 is 3.00 bits per heavy atom. The number of pyridine rings is 2. The van der Waals surface area contributed by atoms with Gasteiger partial charge in [-0.15, -0.1) is 0 Å². The standard InChI is InChI=1S/C14H16N4O/c15-17-13-6-2-4-11(16-13)9-18-12-5-1-3-10(12)7-8-14(18)19/h2,4,6-8H,1,3,5,9,15H2,(H,16,17). The van der Waals surface area contributed by atoms with Crippen LogP contribution in [0.1, 0.15) is 23.4 Å². The van der Waals surface area contributed by atoms with Crippen molar-refractivity contribution in [3.8, 4) is 0 Å². The van der Waals surface area contributed by atoms with Crippen LogP contribution in [0.2, 0.25) is 0 Å². The van der Waals surface area contributed by atoms with Crippen LogP contribution in [0.15, 0.2) is 35.1 Å². The Kier molecular flexibility index (Phi) is 3.05. The van der Waals surface area contributed by atoms with E-state index in [1.54, 1.807) is 12.1 Å². The Balaban J connectivity index is 1.99. The van der Waals surface area contributed by atoms with E-state index in [-0.39, 0.29) is 5.56 Å². The first-order chi connectivity index (χ1) is 9.28. The Morgan fingerprint density at radius 2 is 2.16 bits per heavy atom. The highest BCUT2D eigenvalue weighted by atomic mass is 16.1. The van der Waals surface area contributed by atoms with Crippen molar-refractivity contribution >= 4 is 5.82 Å². The lowest BCUT2D eigenvalue weighted by Crippen LogP contribution is -2.24. The first-order valence-electron chi connectivity index (χ1n) is 6.42. The number of nitrogens with two attached hydrogens (primary N) is 1. The van der Waals surface area contributed by atoms with Crippen LogP contribution in [-0.2, 0) is 19.4 Å². The van der Waals surface area contributed by atoms with Gasteiger partial charge in [0.15, 0.2) is 0 Å². The summed E-state index contributed by atoms with van der Waals surface area (Å²) in [6.07, 6.45) is 3.16.